The summed E-state index contributed by atoms with van der Waals surface area (Å²) in [6, 6.07) is 1.82. The van der Waals surface area contributed by atoms with Crippen LogP contribution < -0.4 is 5.32 Å². The molecule has 1 aliphatic rings. The Kier molecular flexibility index (Phi) is 5.17. The van der Waals surface area contributed by atoms with Crippen LogP contribution in [0.25, 0.3) is 0 Å². The molecule has 3 nitrogen and oxygen atoms in total. The second-order valence-corrected chi connectivity index (χ2v) is 6.00. The van der Waals surface area contributed by atoms with Crippen LogP contribution in [-0.4, -0.2) is 36.0 Å². The van der Waals surface area contributed by atoms with Crippen LogP contribution in [-0.2, 0) is 0 Å². The van der Waals surface area contributed by atoms with Crippen molar-refractivity contribution in [3.63, 3.8) is 0 Å². The third-order valence-corrected chi connectivity index (χ3v) is 3.99. The first-order valence-electron chi connectivity index (χ1n) is 7.09. The molecule has 21 heavy (non-hydrogen) atoms. The predicted molar refractivity (Wildman–Crippen MR) is 78.6 cm³/mol. The summed E-state index contributed by atoms with van der Waals surface area (Å²) in [5.41, 5.74) is -0.274. The average molecular weight is 317 g/mol. The van der Waals surface area contributed by atoms with Crippen molar-refractivity contribution in [2.75, 3.05) is 13.1 Å². The minimum Gasteiger partial charge on any atom is -0.335 e. The standard InChI is InChI=1S/C15H19ClF2N2O/c1-9(2)20(8-10-4-3-5-19-10)15(21)11-6-14(18)12(16)7-13(11)17/h6-7,9-10,19H,3-5,8H2,1-2H3. The minimum atomic E-state index is -0.795. The predicted octanol–water partition coefficient (Wildman–Crippen LogP) is 3.22. The average Bonchev–Trinajstić information content (AvgIpc) is 2.92. The maximum atomic E-state index is 13.9. The summed E-state index contributed by atoms with van der Waals surface area (Å²) in [5, 5.41) is 2.98. The molecule has 1 aromatic carbocycles. The van der Waals surface area contributed by atoms with Crippen LogP contribution in [0.15, 0.2) is 12.1 Å². The van der Waals surface area contributed by atoms with E-state index in [0.29, 0.717) is 6.54 Å². The number of nitrogens with one attached hydrogen (secondary N) is 1. The lowest BCUT2D eigenvalue weighted by Gasteiger charge is -2.29. The normalized spacial score (nSPS) is 18.3. The molecule has 1 heterocycles. The smallest absolute Gasteiger partial charge is 0.257 e. The number of nitrogens with zero attached hydrogens (tertiary/aromatic N) is 1. The second kappa shape index (κ2) is 6.71. The van der Waals surface area contributed by atoms with Crippen molar-refractivity contribution in [2.45, 2.75) is 38.8 Å². The van der Waals surface area contributed by atoms with E-state index in [1.165, 1.54) is 0 Å². The third kappa shape index (κ3) is 3.71. The number of halogens is 3. The second-order valence-electron chi connectivity index (χ2n) is 5.59. The van der Waals surface area contributed by atoms with Crippen LogP contribution in [0.2, 0.25) is 5.02 Å². The molecule has 0 radical (unpaired) electrons. The first kappa shape index (κ1) is 16.2. The fourth-order valence-corrected chi connectivity index (χ4v) is 2.67. The monoisotopic (exact) mass is 316 g/mol. The van der Waals surface area contributed by atoms with E-state index in [2.05, 4.69) is 5.32 Å². The Morgan fingerprint density at radius 3 is 2.71 bits per heavy atom. The maximum Gasteiger partial charge on any atom is 0.257 e. The number of rotatable bonds is 4. The molecule has 1 atom stereocenters. The summed E-state index contributed by atoms with van der Waals surface area (Å²) >= 11 is 5.52. The van der Waals surface area contributed by atoms with Gasteiger partial charge in [-0.05, 0) is 45.4 Å². The third-order valence-electron chi connectivity index (χ3n) is 3.70. The summed E-state index contributed by atoms with van der Waals surface area (Å²) in [6.45, 7) is 5.13. The van der Waals surface area contributed by atoms with Crippen LogP contribution >= 0.6 is 11.6 Å². The highest BCUT2D eigenvalue weighted by Gasteiger charge is 2.26. The van der Waals surface area contributed by atoms with Crippen molar-refractivity contribution in [3.05, 3.63) is 34.4 Å². The van der Waals surface area contributed by atoms with Gasteiger partial charge in [0.15, 0.2) is 0 Å². The quantitative estimate of drug-likeness (QED) is 0.865. The summed E-state index contributed by atoms with van der Waals surface area (Å²) in [4.78, 5) is 14.1. The summed E-state index contributed by atoms with van der Waals surface area (Å²) in [5.74, 6) is -2.09. The molecule has 1 N–H and O–H groups in total. The molecule has 0 bridgehead atoms. The molecule has 0 saturated carbocycles. The molecular weight excluding hydrogens is 298 g/mol. The molecule has 0 aliphatic carbocycles. The lowest BCUT2D eigenvalue weighted by molar-refractivity contribution is 0.0683. The van der Waals surface area contributed by atoms with E-state index in [4.69, 9.17) is 11.6 Å². The summed E-state index contributed by atoms with van der Waals surface area (Å²) in [6.07, 6.45) is 2.04. The van der Waals surface area contributed by atoms with Crippen LogP contribution in [0.1, 0.15) is 37.0 Å². The maximum absolute atomic E-state index is 13.9. The topological polar surface area (TPSA) is 32.3 Å². The van der Waals surface area contributed by atoms with Crippen LogP contribution in [0.4, 0.5) is 8.78 Å². The summed E-state index contributed by atoms with van der Waals surface area (Å²) < 4.78 is 27.4. The molecule has 2 rings (SSSR count). The van der Waals surface area contributed by atoms with Crippen molar-refractivity contribution in [1.29, 1.82) is 0 Å². The molecule has 1 amide bonds. The van der Waals surface area contributed by atoms with E-state index in [0.717, 1.165) is 31.5 Å². The number of amides is 1. The highest BCUT2D eigenvalue weighted by atomic mass is 35.5. The van der Waals surface area contributed by atoms with Gasteiger partial charge < -0.3 is 10.2 Å². The van der Waals surface area contributed by atoms with Crippen molar-refractivity contribution in [3.8, 4) is 0 Å². The van der Waals surface area contributed by atoms with Crippen LogP contribution in [0.3, 0.4) is 0 Å². The van der Waals surface area contributed by atoms with Gasteiger partial charge in [0.1, 0.15) is 11.6 Å². The van der Waals surface area contributed by atoms with Gasteiger partial charge in [0.05, 0.1) is 10.6 Å². The number of hydrogen-bond acceptors (Lipinski definition) is 2. The van der Waals surface area contributed by atoms with Gasteiger partial charge in [0, 0.05) is 18.6 Å². The molecule has 0 aromatic heterocycles. The van der Waals surface area contributed by atoms with Crippen molar-refractivity contribution in [1.82, 2.24) is 10.2 Å². The van der Waals surface area contributed by atoms with Crippen molar-refractivity contribution >= 4 is 17.5 Å². The SMILES string of the molecule is CC(C)N(CC1CCCN1)C(=O)c1cc(F)c(Cl)cc1F. The Morgan fingerprint density at radius 2 is 2.14 bits per heavy atom. The van der Waals surface area contributed by atoms with Crippen LogP contribution in [0.5, 0.6) is 0 Å². The zero-order valence-electron chi connectivity index (χ0n) is 12.1. The van der Waals surface area contributed by atoms with E-state index in [1.807, 2.05) is 13.8 Å². The summed E-state index contributed by atoms with van der Waals surface area (Å²) in [7, 11) is 0. The van der Waals surface area contributed by atoms with Gasteiger partial charge in [-0.15, -0.1) is 0 Å². The molecular formula is C15H19ClF2N2O. The molecule has 116 valence electrons. The Balaban J connectivity index is 2.23. The van der Waals surface area contributed by atoms with Gasteiger partial charge >= 0.3 is 0 Å². The zero-order valence-corrected chi connectivity index (χ0v) is 12.9. The Labute approximate surface area is 128 Å². The lowest BCUT2D eigenvalue weighted by atomic mass is 10.1. The van der Waals surface area contributed by atoms with E-state index < -0.39 is 17.5 Å². The van der Waals surface area contributed by atoms with Crippen LogP contribution in [0, 0.1) is 11.6 Å². The van der Waals surface area contributed by atoms with Gasteiger partial charge in [-0.1, -0.05) is 11.6 Å². The lowest BCUT2D eigenvalue weighted by Crippen LogP contribution is -2.45. The van der Waals surface area contributed by atoms with Gasteiger partial charge in [0.25, 0.3) is 5.91 Å². The number of benzene rings is 1. The number of hydrogen-bond donors (Lipinski definition) is 1. The Bertz CT molecular complexity index is 531. The fourth-order valence-electron chi connectivity index (χ4n) is 2.52. The molecule has 1 saturated heterocycles. The highest BCUT2D eigenvalue weighted by molar-refractivity contribution is 6.30. The number of carbonyl (C=O) groups is 1. The first-order valence-corrected chi connectivity index (χ1v) is 7.47. The van der Waals surface area contributed by atoms with Gasteiger partial charge in [0.2, 0.25) is 0 Å². The Hall–Kier alpha value is -1.20. The largest absolute Gasteiger partial charge is 0.335 e. The highest BCUT2D eigenvalue weighted by Crippen LogP contribution is 2.22. The Morgan fingerprint density at radius 1 is 1.43 bits per heavy atom. The zero-order chi connectivity index (χ0) is 15.6. The van der Waals surface area contributed by atoms with E-state index >= 15 is 0 Å². The van der Waals surface area contributed by atoms with Crippen molar-refractivity contribution < 1.29 is 13.6 Å². The molecule has 1 aliphatic heterocycles. The molecule has 1 aromatic rings. The minimum absolute atomic E-state index is 0.0990. The fraction of sp³-hybridized carbons (Fsp3) is 0.533. The molecule has 0 spiro atoms. The van der Waals surface area contributed by atoms with Gasteiger partial charge in [-0.3, -0.25) is 4.79 Å². The molecule has 1 fully saturated rings. The van der Waals surface area contributed by atoms with Gasteiger partial charge in [-0.2, -0.15) is 0 Å². The van der Waals surface area contributed by atoms with Gasteiger partial charge in [-0.25, -0.2) is 8.78 Å². The molecule has 1 unspecified atom stereocenters. The first-order chi connectivity index (χ1) is 9.90. The van der Waals surface area contributed by atoms with Crippen molar-refractivity contribution in [2.24, 2.45) is 0 Å². The van der Waals surface area contributed by atoms with E-state index in [-0.39, 0.29) is 22.7 Å². The number of carbonyl (C=O) groups excluding carboxylic acids is 1. The molecule has 6 heteroatoms. The van der Waals surface area contributed by atoms with E-state index in [1.54, 1.807) is 4.90 Å². The van der Waals surface area contributed by atoms with E-state index in [9.17, 15) is 13.6 Å².